The van der Waals surface area contributed by atoms with Gasteiger partial charge in [-0.1, -0.05) is 12.1 Å². The van der Waals surface area contributed by atoms with E-state index in [1.165, 1.54) is 0 Å². The largest absolute Gasteiger partial charge is 0.370 e. The number of carbonyl (C=O) groups is 1. The van der Waals surface area contributed by atoms with Crippen LogP contribution in [-0.2, 0) is 27.9 Å². The lowest BCUT2D eigenvalue weighted by Crippen LogP contribution is -2.47. The van der Waals surface area contributed by atoms with Gasteiger partial charge in [0.15, 0.2) is 5.96 Å². The van der Waals surface area contributed by atoms with E-state index in [-0.39, 0.29) is 18.1 Å². The third-order valence-electron chi connectivity index (χ3n) is 5.54. The van der Waals surface area contributed by atoms with E-state index in [4.69, 9.17) is 9.47 Å². The summed E-state index contributed by atoms with van der Waals surface area (Å²) in [6, 6.07) is 7.84. The van der Waals surface area contributed by atoms with Gasteiger partial charge in [-0.15, -0.1) is 0 Å². The maximum Gasteiger partial charge on any atom is 0.253 e. The summed E-state index contributed by atoms with van der Waals surface area (Å²) in [6.45, 7) is 3.37. The van der Waals surface area contributed by atoms with Crippen LogP contribution < -0.4 is 10.6 Å². The summed E-state index contributed by atoms with van der Waals surface area (Å²) in [7, 11) is 3.69. The van der Waals surface area contributed by atoms with E-state index in [1.54, 1.807) is 11.7 Å². The van der Waals surface area contributed by atoms with Gasteiger partial charge in [0.2, 0.25) is 0 Å². The molecule has 4 rings (SSSR count). The highest BCUT2D eigenvalue weighted by Gasteiger charge is 2.25. The van der Waals surface area contributed by atoms with Gasteiger partial charge < -0.3 is 25.0 Å². The highest BCUT2D eigenvalue weighted by atomic mass is 16.5. The lowest BCUT2D eigenvalue weighted by atomic mass is 10.1. The standard InChI is InChI=1S/C22H30N6O3/c1-23-22(28-8-10-31-20(15-28)17-13-25-27(2)14-17)24-12-16-5-3-6-18(11-16)26-21(29)19-7-4-9-30-19/h3,5-6,11,13-14,19-20H,4,7-10,12,15H2,1-2H3,(H,23,24)(H,26,29). The molecule has 2 unspecified atom stereocenters. The molecule has 1 amide bonds. The Kier molecular flexibility index (Phi) is 6.83. The summed E-state index contributed by atoms with van der Waals surface area (Å²) in [6.07, 6.45) is 5.18. The van der Waals surface area contributed by atoms with Crippen LogP contribution in [0, 0.1) is 0 Å². The number of guanidine groups is 1. The molecule has 0 aliphatic carbocycles. The minimum Gasteiger partial charge on any atom is -0.370 e. The predicted molar refractivity (Wildman–Crippen MR) is 118 cm³/mol. The summed E-state index contributed by atoms with van der Waals surface area (Å²) in [5.41, 5.74) is 2.90. The lowest BCUT2D eigenvalue weighted by Gasteiger charge is -2.34. The Balaban J connectivity index is 1.33. The van der Waals surface area contributed by atoms with Crippen LogP contribution in [0.25, 0.3) is 0 Å². The molecule has 1 aromatic carbocycles. The molecule has 2 saturated heterocycles. The van der Waals surface area contributed by atoms with Crippen LogP contribution in [0.3, 0.4) is 0 Å². The number of anilines is 1. The Hall–Kier alpha value is -2.91. The van der Waals surface area contributed by atoms with Crippen LogP contribution in [0.4, 0.5) is 5.69 Å². The molecule has 3 heterocycles. The minimum atomic E-state index is -0.338. The first-order valence-electron chi connectivity index (χ1n) is 10.7. The Labute approximate surface area is 182 Å². The van der Waals surface area contributed by atoms with Gasteiger partial charge in [0.25, 0.3) is 5.91 Å². The first-order valence-corrected chi connectivity index (χ1v) is 10.7. The van der Waals surface area contributed by atoms with Crippen molar-refractivity contribution >= 4 is 17.6 Å². The zero-order chi connectivity index (χ0) is 21.6. The number of nitrogens with one attached hydrogen (secondary N) is 2. The van der Waals surface area contributed by atoms with Crippen molar-refractivity contribution in [1.29, 1.82) is 0 Å². The fourth-order valence-corrected chi connectivity index (χ4v) is 3.93. The number of hydrogen-bond donors (Lipinski definition) is 2. The van der Waals surface area contributed by atoms with Crippen molar-refractivity contribution < 1.29 is 14.3 Å². The second-order valence-electron chi connectivity index (χ2n) is 7.84. The zero-order valence-corrected chi connectivity index (χ0v) is 18.1. The number of hydrogen-bond acceptors (Lipinski definition) is 5. The maximum absolute atomic E-state index is 12.3. The molecule has 2 atom stereocenters. The average Bonchev–Trinajstić information content (AvgIpc) is 3.47. The van der Waals surface area contributed by atoms with Gasteiger partial charge in [0.05, 0.1) is 19.3 Å². The molecular weight excluding hydrogens is 396 g/mol. The lowest BCUT2D eigenvalue weighted by molar-refractivity contribution is -0.124. The van der Waals surface area contributed by atoms with Crippen LogP contribution in [0.15, 0.2) is 41.7 Å². The van der Waals surface area contributed by atoms with Gasteiger partial charge in [0, 0.05) is 51.2 Å². The molecule has 0 bridgehead atoms. The molecule has 31 heavy (non-hydrogen) atoms. The fourth-order valence-electron chi connectivity index (χ4n) is 3.93. The summed E-state index contributed by atoms with van der Waals surface area (Å²) in [4.78, 5) is 18.9. The third kappa shape index (κ3) is 5.42. The second kappa shape index (κ2) is 9.93. The van der Waals surface area contributed by atoms with E-state index in [1.807, 2.05) is 43.7 Å². The van der Waals surface area contributed by atoms with E-state index in [0.717, 1.165) is 42.2 Å². The quantitative estimate of drug-likeness (QED) is 0.558. The molecule has 166 valence electrons. The van der Waals surface area contributed by atoms with Crippen molar-refractivity contribution in [2.24, 2.45) is 12.0 Å². The minimum absolute atomic E-state index is 0.0302. The third-order valence-corrected chi connectivity index (χ3v) is 5.54. The molecule has 9 heteroatoms. The number of morpholine rings is 1. The Bertz CT molecular complexity index is 921. The molecule has 2 N–H and O–H groups in total. The monoisotopic (exact) mass is 426 g/mol. The van der Waals surface area contributed by atoms with Crippen LogP contribution in [0.1, 0.15) is 30.1 Å². The van der Waals surface area contributed by atoms with Crippen LogP contribution in [-0.4, -0.2) is 66.0 Å². The van der Waals surface area contributed by atoms with Crippen molar-refractivity contribution in [3.05, 3.63) is 47.8 Å². The number of ether oxygens (including phenoxy) is 2. The van der Waals surface area contributed by atoms with Crippen molar-refractivity contribution in [3.8, 4) is 0 Å². The van der Waals surface area contributed by atoms with E-state index in [0.29, 0.717) is 26.3 Å². The van der Waals surface area contributed by atoms with Gasteiger partial charge >= 0.3 is 0 Å². The topological polar surface area (TPSA) is 93.0 Å². The number of amides is 1. The number of rotatable bonds is 5. The van der Waals surface area contributed by atoms with E-state index in [9.17, 15) is 4.79 Å². The maximum atomic E-state index is 12.3. The van der Waals surface area contributed by atoms with E-state index >= 15 is 0 Å². The molecule has 9 nitrogen and oxygen atoms in total. The van der Waals surface area contributed by atoms with Crippen molar-refractivity contribution in [2.45, 2.75) is 31.6 Å². The smallest absolute Gasteiger partial charge is 0.253 e. The van der Waals surface area contributed by atoms with Gasteiger partial charge in [-0.05, 0) is 30.5 Å². The normalized spacial score (nSPS) is 21.9. The summed E-state index contributed by atoms with van der Waals surface area (Å²) in [5, 5.41) is 10.6. The van der Waals surface area contributed by atoms with Gasteiger partial charge in [-0.3, -0.25) is 14.5 Å². The van der Waals surface area contributed by atoms with Gasteiger partial charge in [0.1, 0.15) is 12.2 Å². The van der Waals surface area contributed by atoms with Crippen LogP contribution in [0.2, 0.25) is 0 Å². The summed E-state index contributed by atoms with van der Waals surface area (Å²) >= 11 is 0. The molecular formula is C22H30N6O3. The van der Waals surface area contributed by atoms with E-state index < -0.39 is 0 Å². The highest BCUT2D eigenvalue weighted by molar-refractivity contribution is 5.94. The first-order chi connectivity index (χ1) is 15.1. The van der Waals surface area contributed by atoms with Crippen molar-refractivity contribution in [2.75, 3.05) is 38.7 Å². The molecule has 2 aliphatic heterocycles. The fraction of sp³-hybridized carbons (Fsp3) is 0.500. The number of aryl methyl sites for hydroxylation is 1. The second-order valence-corrected chi connectivity index (χ2v) is 7.84. The van der Waals surface area contributed by atoms with Gasteiger partial charge in [-0.2, -0.15) is 5.10 Å². The molecule has 0 spiro atoms. The summed E-state index contributed by atoms with van der Waals surface area (Å²) < 4.78 is 13.2. The molecule has 2 aliphatic rings. The Morgan fingerprint density at radius 1 is 1.32 bits per heavy atom. The molecule has 2 aromatic rings. The Morgan fingerprint density at radius 3 is 2.97 bits per heavy atom. The molecule has 2 fully saturated rings. The van der Waals surface area contributed by atoms with Crippen molar-refractivity contribution in [3.63, 3.8) is 0 Å². The first kappa shape index (κ1) is 21.3. The Morgan fingerprint density at radius 2 is 2.23 bits per heavy atom. The number of aromatic nitrogens is 2. The van der Waals surface area contributed by atoms with Crippen LogP contribution in [0.5, 0.6) is 0 Å². The predicted octanol–water partition coefficient (Wildman–Crippen LogP) is 1.69. The zero-order valence-electron chi connectivity index (χ0n) is 18.1. The number of carbonyl (C=O) groups excluding carboxylic acids is 1. The molecule has 0 saturated carbocycles. The van der Waals surface area contributed by atoms with Crippen molar-refractivity contribution in [1.82, 2.24) is 20.0 Å². The average molecular weight is 427 g/mol. The molecule has 0 radical (unpaired) electrons. The SMILES string of the molecule is CN=C(NCc1cccc(NC(=O)C2CCCO2)c1)N1CCOC(c2cnn(C)c2)C1. The van der Waals surface area contributed by atoms with E-state index in [2.05, 4.69) is 25.6 Å². The number of benzene rings is 1. The molecule has 1 aromatic heterocycles. The number of nitrogens with zero attached hydrogens (tertiary/aromatic N) is 4. The summed E-state index contributed by atoms with van der Waals surface area (Å²) in [5.74, 6) is 0.749. The highest BCUT2D eigenvalue weighted by Crippen LogP contribution is 2.22. The van der Waals surface area contributed by atoms with Gasteiger partial charge in [-0.25, -0.2) is 0 Å². The van der Waals surface area contributed by atoms with Crippen LogP contribution >= 0.6 is 0 Å². The number of aliphatic imine (C=N–C) groups is 1.